The largest absolute Gasteiger partial charge is 2.00 e. The van der Waals surface area contributed by atoms with E-state index in [2.05, 4.69) is 179 Å². The minimum absolute atomic E-state index is 0. The molecule has 0 spiro atoms. The molecule has 0 aliphatic heterocycles. The van der Waals surface area contributed by atoms with Crippen molar-refractivity contribution in [1.82, 2.24) is 49.8 Å². The predicted octanol–water partition coefficient (Wildman–Crippen LogP) is 15.2. The summed E-state index contributed by atoms with van der Waals surface area (Å²) in [7, 11) is 0. The molecule has 6 heterocycles. The average molecular weight is 1580 g/mol. The number of aliphatic hydroxyl groups excluding tert-OH is 2. The summed E-state index contributed by atoms with van der Waals surface area (Å²) in [5, 5.41) is 23.7. The molecule has 1 atom stereocenters. The summed E-state index contributed by atoms with van der Waals surface area (Å²) in [5.41, 5.74) is 15.0. The molecule has 8 aromatic carbocycles. The fourth-order valence-corrected chi connectivity index (χ4v) is 11.9. The number of aliphatic hydroxyl groups is 2. The number of carbonyl (C=O) groups excluding carboxylic acids is 2. The molecule has 0 fully saturated rings. The van der Waals surface area contributed by atoms with Gasteiger partial charge in [0.05, 0.1) is 51.4 Å². The second-order valence-electron chi connectivity index (χ2n) is 27.2. The third kappa shape index (κ3) is 24.3. The zero-order chi connectivity index (χ0) is 81.8. The van der Waals surface area contributed by atoms with E-state index < -0.39 is 12.1 Å². The molecular weight excluding hydrogens is 1500 g/mol. The SMILES string of the molecule is C#CCOc1ccc2nc(C(=O)OCC)nc(-c3ccc(C(C)C)cc3)c2c1.C#CCOc1ccc2nc(C(O)c3cccnc3)nc(-c3ccc(C(C)C)cc3)c2c1.C#CCOc1ccc2nc(C=O)nc(-c3ccc(C(C)C)cc3)c2c1.C#CCOc1ccc2nc(CO)nc(-c3ccc(C(C)C)cc3)c2c1.[Cl-].[Mg+2].[c-]1cccnc1. The number of pyridine rings is 2. The summed E-state index contributed by atoms with van der Waals surface area (Å²) >= 11 is 0. The van der Waals surface area contributed by atoms with E-state index in [0.29, 0.717) is 98.1 Å². The molecule has 117 heavy (non-hydrogen) atoms. The van der Waals surface area contributed by atoms with Gasteiger partial charge in [-0.15, -0.1) is 25.7 Å². The van der Waals surface area contributed by atoms with E-state index in [1.54, 1.807) is 62.0 Å². The molecule has 14 rings (SSSR count). The van der Waals surface area contributed by atoms with Gasteiger partial charge in [0.15, 0.2) is 23.8 Å². The zero-order valence-electron chi connectivity index (χ0n) is 66.6. The van der Waals surface area contributed by atoms with Crippen molar-refractivity contribution in [3.05, 3.63) is 276 Å². The van der Waals surface area contributed by atoms with E-state index in [1.807, 2.05) is 115 Å². The zero-order valence-corrected chi connectivity index (χ0v) is 68.8. The van der Waals surface area contributed by atoms with Crippen LogP contribution in [0.2, 0.25) is 0 Å². The fourth-order valence-electron chi connectivity index (χ4n) is 11.9. The molecule has 0 saturated carbocycles. The molecule has 19 nitrogen and oxygen atoms in total. The Kier molecular flexibility index (Phi) is 34.1. The number of hydrogen-bond donors (Lipinski definition) is 2. The fraction of sp³-hybridized carbons (Fsp3) is 0.208. The molecule has 0 amide bonds. The van der Waals surface area contributed by atoms with Gasteiger partial charge in [0.1, 0.15) is 62.1 Å². The van der Waals surface area contributed by atoms with Crippen molar-refractivity contribution >= 4 is 78.9 Å². The van der Waals surface area contributed by atoms with Crippen LogP contribution in [0.4, 0.5) is 0 Å². The van der Waals surface area contributed by atoms with Gasteiger partial charge in [0.2, 0.25) is 5.82 Å². The first kappa shape index (κ1) is 89.5. The monoisotopic (exact) mass is 1580 g/mol. The summed E-state index contributed by atoms with van der Waals surface area (Å²) < 4.78 is 27.2. The number of carbonyl (C=O) groups is 2. The number of aldehydes is 1. The number of aromatic nitrogens is 10. The van der Waals surface area contributed by atoms with Crippen molar-refractivity contribution in [3.8, 4) is 117 Å². The maximum Gasteiger partial charge on any atom is 2.00 e. The van der Waals surface area contributed by atoms with Crippen molar-refractivity contribution in [2.24, 2.45) is 0 Å². The van der Waals surface area contributed by atoms with Crippen LogP contribution in [0.25, 0.3) is 88.6 Å². The Balaban J connectivity index is 0.000000189. The number of ether oxygens (including phenoxy) is 5. The number of benzene rings is 8. The predicted molar refractivity (Wildman–Crippen MR) is 458 cm³/mol. The van der Waals surface area contributed by atoms with Crippen molar-refractivity contribution in [2.75, 3.05) is 33.0 Å². The standard InChI is InChI=1S/C26H23N3O2.C23H22N2O3.C21H20N2O2.C21H18N2O2.C5H4N.ClH.Mg/c1-4-14-31-21-11-12-23-22(15-21)24(19-9-7-18(8-10-19)17(2)3)29-26(28-23)25(30)20-6-5-13-27-16-20;1-5-13-28-18-11-12-20-19(14-18)21(25-22(24-20)23(26)27-6-2)17-9-7-16(8-10-17)15(3)4;2*1-4-11-25-17-9-10-19-18(12-17)21(23-20(13-24)22-19)16-7-5-15(6-8-16)14(2)3;1-2-4-6-5-3-1;;/h1,5-13,15-17,25,30H,14H2,2-3H3;1,7-12,14-15H,6,13H2,2-4H3;1,5-10,12,14,24H,11,13H2,2-3H3;1,5-10,12-14H,11H2,2-3H3;1-2,4-5H;1H;/q;;;;-1;;+2/p-1. The Labute approximate surface area is 705 Å². The van der Waals surface area contributed by atoms with Crippen LogP contribution in [0.5, 0.6) is 23.0 Å². The summed E-state index contributed by atoms with van der Waals surface area (Å²) in [6.45, 7) is 19.8. The van der Waals surface area contributed by atoms with Gasteiger partial charge in [-0.1, -0.05) is 195 Å². The molecule has 2 N–H and O–H groups in total. The molecule has 0 aliphatic carbocycles. The Morgan fingerprint density at radius 1 is 0.453 bits per heavy atom. The maximum atomic E-state index is 12.2. The minimum atomic E-state index is -0.982. The van der Waals surface area contributed by atoms with Gasteiger partial charge >= 0.3 is 29.0 Å². The molecule has 0 saturated heterocycles. The maximum absolute atomic E-state index is 12.2. The Hall–Kier alpha value is -13.0. The van der Waals surface area contributed by atoms with Crippen LogP contribution in [-0.4, -0.2) is 128 Å². The first-order valence-electron chi connectivity index (χ1n) is 37.3. The van der Waals surface area contributed by atoms with Crippen LogP contribution in [0, 0.1) is 55.4 Å². The molecule has 0 bridgehead atoms. The normalized spacial score (nSPS) is 10.7. The second-order valence-corrected chi connectivity index (χ2v) is 27.2. The topological polar surface area (TPSA) is 250 Å². The van der Waals surface area contributed by atoms with Crippen LogP contribution in [0.3, 0.4) is 0 Å². The van der Waals surface area contributed by atoms with Crippen LogP contribution in [0.1, 0.15) is 153 Å². The molecular formula is C96H87ClMgN10O9. The third-order valence-electron chi connectivity index (χ3n) is 17.9. The number of rotatable bonds is 22. The molecule has 21 heteroatoms. The van der Waals surface area contributed by atoms with Gasteiger partial charge in [-0.3, -0.25) is 9.78 Å². The smallest absolute Gasteiger partial charge is 1.00 e. The van der Waals surface area contributed by atoms with E-state index in [1.165, 1.54) is 22.3 Å². The second kappa shape index (κ2) is 44.6. The van der Waals surface area contributed by atoms with E-state index in [4.69, 9.17) is 54.4 Å². The first-order chi connectivity index (χ1) is 55.8. The van der Waals surface area contributed by atoms with Crippen molar-refractivity contribution < 1.29 is 55.9 Å². The van der Waals surface area contributed by atoms with Gasteiger partial charge in [-0.2, -0.15) is 6.07 Å². The summed E-state index contributed by atoms with van der Waals surface area (Å²) in [6, 6.07) is 64.9. The van der Waals surface area contributed by atoms with E-state index >= 15 is 0 Å². The van der Waals surface area contributed by atoms with Gasteiger partial charge in [0, 0.05) is 61.8 Å². The molecule has 14 aromatic rings. The van der Waals surface area contributed by atoms with Crippen molar-refractivity contribution in [3.63, 3.8) is 0 Å². The first-order valence-corrected chi connectivity index (χ1v) is 37.3. The number of halogens is 1. The molecule has 1 unspecified atom stereocenters. The minimum Gasteiger partial charge on any atom is -1.00 e. The quantitative estimate of drug-likeness (QED) is 0.0210. The van der Waals surface area contributed by atoms with E-state index in [0.717, 1.165) is 60.7 Å². The summed E-state index contributed by atoms with van der Waals surface area (Å²) in [4.78, 5) is 67.1. The average Bonchev–Trinajstić information content (AvgIpc) is 0.794. The summed E-state index contributed by atoms with van der Waals surface area (Å²) in [5.74, 6) is 14.6. The molecule has 584 valence electrons. The van der Waals surface area contributed by atoms with Crippen molar-refractivity contribution in [1.29, 1.82) is 0 Å². The van der Waals surface area contributed by atoms with Crippen LogP contribution in [-0.2, 0) is 11.3 Å². The number of nitrogens with zero attached hydrogens (tertiary/aromatic N) is 10. The van der Waals surface area contributed by atoms with Gasteiger partial charge in [0.25, 0.3) is 0 Å². The number of esters is 1. The third-order valence-corrected chi connectivity index (χ3v) is 17.9. The number of hydrogen-bond acceptors (Lipinski definition) is 19. The number of terminal acetylenes is 4. The number of fused-ring (bicyclic) bond motifs is 4. The van der Waals surface area contributed by atoms with E-state index in [-0.39, 0.29) is 86.7 Å². The van der Waals surface area contributed by atoms with Gasteiger partial charge in [-0.25, -0.2) is 56.8 Å². The van der Waals surface area contributed by atoms with Crippen LogP contribution < -0.4 is 31.4 Å². The Morgan fingerprint density at radius 3 is 1.16 bits per heavy atom. The molecule has 0 radical (unpaired) electrons. The molecule has 6 aromatic heterocycles. The van der Waals surface area contributed by atoms with Crippen LogP contribution >= 0.6 is 0 Å². The Morgan fingerprint density at radius 2 is 0.829 bits per heavy atom. The van der Waals surface area contributed by atoms with Crippen molar-refractivity contribution in [2.45, 2.75) is 98.7 Å². The Bertz CT molecular complexity index is 5790. The van der Waals surface area contributed by atoms with E-state index in [9.17, 15) is 19.8 Å². The molecule has 0 aliphatic rings. The summed E-state index contributed by atoms with van der Waals surface area (Å²) in [6.07, 6.45) is 27.4. The van der Waals surface area contributed by atoms with Crippen LogP contribution in [0.15, 0.2) is 219 Å². The van der Waals surface area contributed by atoms with Gasteiger partial charge in [-0.05, 0) is 132 Å². The van der Waals surface area contributed by atoms with Gasteiger partial charge < -0.3 is 51.3 Å².